The fourth-order valence-corrected chi connectivity index (χ4v) is 2.10. The summed E-state index contributed by atoms with van der Waals surface area (Å²) in [6.07, 6.45) is 2.06. The Morgan fingerprint density at radius 2 is 1.00 bits per heavy atom. The lowest BCUT2D eigenvalue weighted by Crippen LogP contribution is -1.82. The third-order valence-electron chi connectivity index (χ3n) is 4.04. The Bertz CT molecular complexity index is 714. The van der Waals surface area contributed by atoms with Crippen molar-refractivity contribution < 1.29 is 0 Å². The van der Waals surface area contributed by atoms with Gasteiger partial charge in [-0.2, -0.15) is 0 Å². The summed E-state index contributed by atoms with van der Waals surface area (Å²) >= 11 is 0. The Balaban J connectivity index is -0.000000344. The average molecular weight is 407 g/mol. The molecule has 2 aromatic rings. The van der Waals surface area contributed by atoms with Crippen molar-refractivity contribution in [2.75, 3.05) is 0 Å². The summed E-state index contributed by atoms with van der Waals surface area (Å²) in [5, 5.41) is 0. The normalized spacial score (nSPS) is 9.07. The number of benzene rings is 2. The highest BCUT2D eigenvalue weighted by Crippen LogP contribution is 2.15. The Morgan fingerprint density at radius 3 is 1.20 bits per heavy atom. The van der Waals surface area contributed by atoms with Crippen molar-refractivity contribution in [3.8, 4) is 0 Å². The van der Waals surface area contributed by atoms with Crippen LogP contribution in [0, 0.1) is 27.7 Å². The Kier molecular flexibility index (Phi) is 21.1. The molecule has 0 amide bonds. The quantitative estimate of drug-likeness (QED) is 0.344. The van der Waals surface area contributed by atoms with Gasteiger partial charge >= 0.3 is 0 Å². The number of allylic oxidation sites excluding steroid dienone is 4. The van der Waals surface area contributed by atoms with Crippen LogP contribution >= 0.6 is 0 Å². The minimum absolute atomic E-state index is 1.14. The summed E-state index contributed by atoms with van der Waals surface area (Å²) in [5.41, 5.74) is 10.1. The smallest absolute Gasteiger partial charge is 0.0228 e. The second kappa shape index (κ2) is 19.7. The van der Waals surface area contributed by atoms with Crippen LogP contribution in [0.25, 0.3) is 5.57 Å². The van der Waals surface area contributed by atoms with Gasteiger partial charge in [-0.1, -0.05) is 115 Å². The fraction of sp³-hybridized carbons (Fsp3) is 0.333. The minimum atomic E-state index is 1.14. The third-order valence-corrected chi connectivity index (χ3v) is 4.04. The van der Waals surface area contributed by atoms with Gasteiger partial charge in [-0.15, -0.1) is 13.2 Å². The highest BCUT2D eigenvalue weighted by molar-refractivity contribution is 5.62. The first-order chi connectivity index (χ1) is 14.1. The van der Waals surface area contributed by atoms with E-state index in [1.54, 1.807) is 0 Å². The largest absolute Gasteiger partial charge is 0.106 e. The van der Waals surface area contributed by atoms with E-state index in [2.05, 4.69) is 109 Å². The van der Waals surface area contributed by atoms with Gasteiger partial charge in [0.05, 0.1) is 0 Å². The van der Waals surface area contributed by atoms with Gasteiger partial charge in [0, 0.05) is 0 Å². The van der Waals surface area contributed by atoms with E-state index in [4.69, 9.17) is 0 Å². The second-order valence-electron chi connectivity index (χ2n) is 7.06. The van der Waals surface area contributed by atoms with E-state index in [1.165, 1.54) is 33.4 Å². The molecule has 0 heterocycles. The number of hydrogen-bond donors (Lipinski definition) is 0. The van der Waals surface area contributed by atoms with Crippen molar-refractivity contribution in [2.24, 2.45) is 0 Å². The molecule has 0 radical (unpaired) electrons. The first kappa shape index (κ1) is 32.1. The summed E-state index contributed by atoms with van der Waals surface area (Å²) in [5.74, 6) is 0. The van der Waals surface area contributed by atoms with Gasteiger partial charge in [-0.25, -0.2) is 0 Å². The predicted molar refractivity (Wildman–Crippen MR) is 143 cm³/mol. The first-order valence-corrected chi connectivity index (χ1v) is 10.6. The van der Waals surface area contributed by atoms with Crippen molar-refractivity contribution in [1.29, 1.82) is 0 Å². The molecule has 0 unspecified atom stereocenters. The lowest BCUT2D eigenvalue weighted by Gasteiger charge is -2.02. The Hall–Kier alpha value is -2.60. The maximum absolute atomic E-state index is 3.91. The zero-order valence-electron chi connectivity index (χ0n) is 21.4. The Labute approximate surface area is 188 Å². The molecule has 0 nitrogen and oxygen atoms in total. The molecule has 166 valence electrons. The van der Waals surface area contributed by atoms with Gasteiger partial charge in [0.1, 0.15) is 0 Å². The molecule has 0 spiro atoms. The van der Waals surface area contributed by atoms with Crippen molar-refractivity contribution in [2.45, 2.75) is 69.2 Å². The molecule has 0 aliphatic rings. The van der Waals surface area contributed by atoms with E-state index in [0.717, 1.165) is 11.1 Å². The lowest BCUT2D eigenvalue weighted by molar-refractivity contribution is 1.34. The summed E-state index contributed by atoms with van der Waals surface area (Å²) in [6.45, 7) is 34.2. The summed E-state index contributed by atoms with van der Waals surface area (Å²) in [7, 11) is 0. The molecular weight excluding hydrogens is 360 g/mol. The average Bonchev–Trinajstić information content (AvgIpc) is 2.72. The van der Waals surface area contributed by atoms with Crippen LogP contribution < -0.4 is 0 Å². The molecule has 0 aliphatic heterocycles. The molecule has 0 fully saturated rings. The van der Waals surface area contributed by atoms with E-state index >= 15 is 0 Å². The Morgan fingerprint density at radius 1 is 0.667 bits per heavy atom. The standard InChI is InChI=1S/C11H14.C8H10.C7H12.C2H6.C2H4/c1-8(2)11-6-9(3)5-10(4)7-11;1-7-3-5-8(2)6-4-7;1-5-7(4)6(2)3;2*1-2/h5-7H,1H2,2-4H3;3-6H,1-2H3;5H,2H2,1,3-4H3;1-2H3;1-2H2/b;;7-5+;;. The molecule has 0 N–H and O–H groups in total. The number of hydrogen-bond acceptors (Lipinski definition) is 0. The molecule has 0 aromatic heterocycles. The van der Waals surface area contributed by atoms with Crippen LogP contribution in [-0.4, -0.2) is 0 Å². The summed E-state index contributed by atoms with van der Waals surface area (Å²) in [4.78, 5) is 0. The van der Waals surface area contributed by atoms with Gasteiger partial charge in [0.25, 0.3) is 0 Å². The summed E-state index contributed by atoms with van der Waals surface area (Å²) < 4.78 is 0. The molecular formula is C30H46. The molecule has 0 saturated heterocycles. The lowest BCUT2D eigenvalue weighted by atomic mass is 10.0. The molecule has 30 heavy (non-hydrogen) atoms. The third kappa shape index (κ3) is 17.5. The van der Waals surface area contributed by atoms with Gasteiger partial charge in [-0.05, 0) is 61.0 Å². The van der Waals surface area contributed by atoms with Gasteiger partial charge < -0.3 is 0 Å². The maximum atomic E-state index is 3.91. The zero-order chi connectivity index (χ0) is 24.3. The van der Waals surface area contributed by atoms with E-state index < -0.39 is 0 Å². The maximum Gasteiger partial charge on any atom is -0.0228 e. The van der Waals surface area contributed by atoms with Crippen LogP contribution in [0.3, 0.4) is 0 Å². The SMILES string of the molecule is C=C.C=C(C)/C(C)=C/C.C=C(C)c1cc(C)cc(C)c1.CC.Cc1ccc(C)cc1. The second-order valence-corrected chi connectivity index (χ2v) is 7.06. The molecule has 0 heteroatoms. The van der Waals surface area contributed by atoms with Crippen LogP contribution in [0.5, 0.6) is 0 Å². The first-order valence-electron chi connectivity index (χ1n) is 10.6. The van der Waals surface area contributed by atoms with Crippen molar-refractivity contribution in [1.82, 2.24) is 0 Å². The monoisotopic (exact) mass is 406 g/mol. The zero-order valence-corrected chi connectivity index (χ0v) is 21.4. The van der Waals surface area contributed by atoms with Crippen LogP contribution in [0.2, 0.25) is 0 Å². The van der Waals surface area contributed by atoms with E-state index in [0.29, 0.717) is 0 Å². The molecule has 0 bridgehead atoms. The van der Waals surface area contributed by atoms with Crippen molar-refractivity contribution in [3.05, 3.63) is 114 Å². The number of aryl methyl sites for hydroxylation is 4. The fourth-order valence-electron chi connectivity index (χ4n) is 2.10. The molecule has 0 atom stereocenters. The van der Waals surface area contributed by atoms with Crippen LogP contribution in [-0.2, 0) is 0 Å². The van der Waals surface area contributed by atoms with E-state index in [-0.39, 0.29) is 0 Å². The van der Waals surface area contributed by atoms with Crippen LogP contribution in [0.4, 0.5) is 0 Å². The minimum Gasteiger partial charge on any atom is -0.106 e. The van der Waals surface area contributed by atoms with E-state index in [9.17, 15) is 0 Å². The highest BCUT2D eigenvalue weighted by Gasteiger charge is 1.94. The van der Waals surface area contributed by atoms with Crippen molar-refractivity contribution in [3.63, 3.8) is 0 Å². The highest BCUT2D eigenvalue weighted by atomic mass is 14.0. The van der Waals surface area contributed by atoms with Crippen molar-refractivity contribution >= 4 is 5.57 Å². The molecule has 2 aromatic carbocycles. The topological polar surface area (TPSA) is 0 Å². The van der Waals surface area contributed by atoms with Crippen LogP contribution in [0.1, 0.15) is 69.4 Å². The van der Waals surface area contributed by atoms with Crippen LogP contribution in [0.15, 0.2) is 86.0 Å². The predicted octanol–water partition coefficient (Wildman–Crippen LogP) is 10.00. The van der Waals surface area contributed by atoms with Gasteiger partial charge in [-0.3, -0.25) is 0 Å². The van der Waals surface area contributed by atoms with E-state index in [1.807, 2.05) is 34.6 Å². The number of rotatable bonds is 2. The molecule has 2 rings (SSSR count). The van der Waals surface area contributed by atoms with Gasteiger partial charge in [0.15, 0.2) is 0 Å². The van der Waals surface area contributed by atoms with Gasteiger partial charge in [0.2, 0.25) is 0 Å². The molecule has 0 aliphatic carbocycles. The molecule has 0 saturated carbocycles. The summed E-state index contributed by atoms with van der Waals surface area (Å²) in [6, 6.07) is 15.0.